The zero-order valence-electron chi connectivity index (χ0n) is 10.2. The molecule has 0 unspecified atom stereocenters. The second kappa shape index (κ2) is 7.35. The van der Waals surface area contributed by atoms with Crippen molar-refractivity contribution in [1.29, 1.82) is 0 Å². The van der Waals surface area contributed by atoms with Crippen molar-refractivity contribution >= 4 is 0 Å². The fraction of sp³-hybridized carbons (Fsp3) is 0.818. The van der Waals surface area contributed by atoms with Crippen LogP contribution in [0.25, 0.3) is 0 Å². The van der Waals surface area contributed by atoms with Crippen LogP contribution in [0.4, 0.5) is 0 Å². The molecule has 0 spiro atoms. The smallest absolute Gasteiger partial charge is 0.0964 e. The standard InChI is InChI=1S/C11H22N4O/c1-3-10(4-2)12-8-11-9-15(14-13-11)6-5-7-16/h9-10,12,16H,3-8H2,1-2H3. The van der Waals surface area contributed by atoms with Gasteiger partial charge in [-0.1, -0.05) is 19.1 Å². The average molecular weight is 226 g/mol. The van der Waals surface area contributed by atoms with E-state index in [1.807, 2.05) is 6.20 Å². The van der Waals surface area contributed by atoms with E-state index in [0.717, 1.165) is 38.0 Å². The predicted molar refractivity (Wildman–Crippen MR) is 62.9 cm³/mol. The van der Waals surface area contributed by atoms with Crippen LogP contribution in [-0.2, 0) is 13.1 Å². The van der Waals surface area contributed by atoms with E-state index in [2.05, 4.69) is 29.5 Å². The summed E-state index contributed by atoms with van der Waals surface area (Å²) in [5.74, 6) is 0. The number of rotatable bonds is 8. The second-order valence-electron chi connectivity index (χ2n) is 3.94. The molecule has 0 radical (unpaired) electrons. The molecular formula is C11H22N4O. The van der Waals surface area contributed by atoms with Crippen LogP contribution >= 0.6 is 0 Å². The fourth-order valence-corrected chi connectivity index (χ4v) is 1.59. The topological polar surface area (TPSA) is 63.0 Å². The van der Waals surface area contributed by atoms with Gasteiger partial charge in [0.15, 0.2) is 0 Å². The van der Waals surface area contributed by atoms with Crippen LogP contribution in [0.2, 0.25) is 0 Å². The van der Waals surface area contributed by atoms with Crippen molar-refractivity contribution in [2.45, 2.75) is 52.2 Å². The number of aromatic nitrogens is 3. The molecule has 92 valence electrons. The van der Waals surface area contributed by atoms with E-state index in [-0.39, 0.29) is 6.61 Å². The van der Waals surface area contributed by atoms with Gasteiger partial charge in [-0.15, -0.1) is 5.10 Å². The normalized spacial score (nSPS) is 11.2. The van der Waals surface area contributed by atoms with Crippen molar-refractivity contribution in [3.8, 4) is 0 Å². The molecule has 0 bridgehead atoms. The summed E-state index contributed by atoms with van der Waals surface area (Å²) in [6.07, 6.45) is 4.93. The molecule has 2 N–H and O–H groups in total. The van der Waals surface area contributed by atoms with Crippen molar-refractivity contribution in [3.63, 3.8) is 0 Å². The SMILES string of the molecule is CCC(CC)NCc1cn(CCCO)nn1. The molecule has 0 aliphatic carbocycles. The Morgan fingerprint density at radius 2 is 2.19 bits per heavy atom. The van der Waals surface area contributed by atoms with E-state index in [4.69, 9.17) is 5.11 Å². The molecule has 1 aromatic rings. The molecule has 0 aliphatic heterocycles. The first-order valence-electron chi connectivity index (χ1n) is 6.03. The highest BCUT2D eigenvalue weighted by Crippen LogP contribution is 1.99. The average Bonchev–Trinajstić information content (AvgIpc) is 2.76. The lowest BCUT2D eigenvalue weighted by Gasteiger charge is -2.12. The molecule has 0 fully saturated rings. The first-order chi connectivity index (χ1) is 7.80. The quantitative estimate of drug-likeness (QED) is 0.692. The molecule has 0 amide bonds. The summed E-state index contributed by atoms with van der Waals surface area (Å²) in [5, 5.41) is 20.2. The summed E-state index contributed by atoms with van der Waals surface area (Å²) in [6.45, 7) is 6.06. The largest absolute Gasteiger partial charge is 0.396 e. The van der Waals surface area contributed by atoms with E-state index < -0.39 is 0 Å². The fourth-order valence-electron chi connectivity index (χ4n) is 1.59. The van der Waals surface area contributed by atoms with Gasteiger partial charge < -0.3 is 10.4 Å². The second-order valence-corrected chi connectivity index (χ2v) is 3.94. The van der Waals surface area contributed by atoms with Gasteiger partial charge in [-0.2, -0.15) is 0 Å². The van der Waals surface area contributed by atoms with E-state index in [1.165, 1.54) is 0 Å². The Bertz CT molecular complexity index is 283. The Labute approximate surface area is 96.9 Å². The molecule has 1 heterocycles. The van der Waals surface area contributed by atoms with Crippen molar-refractivity contribution in [1.82, 2.24) is 20.3 Å². The summed E-state index contributed by atoms with van der Waals surface area (Å²) < 4.78 is 1.78. The van der Waals surface area contributed by atoms with Crippen LogP contribution in [-0.4, -0.2) is 32.7 Å². The minimum atomic E-state index is 0.196. The van der Waals surface area contributed by atoms with Crippen LogP contribution in [0.5, 0.6) is 0 Å². The molecule has 1 rings (SSSR count). The Hall–Kier alpha value is -0.940. The van der Waals surface area contributed by atoms with Crippen molar-refractivity contribution in [3.05, 3.63) is 11.9 Å². The lowest BCUT2D eigenvalue weighted by atomic mass is 10.2. The van der Waals surface area contributed by atoms with Gasteiger partial charge in [0.2, 0.25) is 0 Å². The zero-order valence-corrected chi connectivity index (χ0v) is 10.2. The highest BCUT2D eigenvalue weighted by molar-refractivity contribution is 4.92. The van der Waals surface area contributed by atoms with Gasteiger partial charge in [-0.25, -0.2) is 0 Å². The number of hydrogen-bond acceptors (Lipinski definition) is 4. The van der Waals surface area contributed by atoms with Crippen LogP contribution in [0.1, 0.15) is 38.8 Å². The number of nitrogens with one attached hydrogen (secondary N) is 1. The third-order valence-electron chi connectivity index (χ3n) is 2.69. The zero-order chi connectivity index (χ0) is 11.8. The van der Waals surface area contributed by atoms with E-state index in [1.54, 1.807) is 4.68 Å². The predicted octanol–water partition coefficient (Wildman–Crippen LogP) is 0.939. The van der Waals surface area contributed by atoms with E-state index in [9.17, 15) is 0 Å². The maximum Gasteiger partial charge on any atom is 0.0964 e. The lowest BCUT2D eigenvalue weighted by molar-refractivity contribution is 0.276. The van der Waals surface area contributed by atoms with Crippen molar-refractivity contribution < 1.29 is 5.11 Å². The van der Waals surface area contributed by atoms with Crippen molar-refractivity contribution in [2.75, 3.05) is 6.61 Å². The maximum absolute atomic E-state index is 8.70. The Morgan fingerprint density at radius 1 is 1.44 bits per heavy atom. The van der Waals surface area contributed by atoms with E-state index >= 15 is 0 Å². The molecule has 0 aromatic carbocycles. The first kappa shape index (κ1) is 13.1. The highest BCUT2D eigenvalue weighted by Gasteiger charge is 2.04. The summed E-state index contributed by atoms with van der Waals surface area (Å²) in [4.78, 5) is 0. The highest BCUT2D eigenvalue weighted by atomic mass is 16.3. The Kier molecular flexibility index (Phi) is 6.03. The molecule has 0 saturated heterocycles. The maximum atomic E-state index is 8.70. The number of aryl methyl sites for hydroxylation is 1. The van der Waals surface area contributed by atoms with Gasteiger partial charge in [-0.05, 0) is 19.3 Å². The van der Waals surface area contributed by atoms with Gasteiger partial charge in [-0.3, -0.25) is 4.68 Å². The summed E-state index contributed by atoms with van der Waals surface area (Å²) in [7, 11) is 0. The number of hydrogen-bond donors (Lipinski definition) is 2. The first-order valence-corrected chi connectivity index (χ1v) is 6.03. The lowest BCUT2D eigenvalue weighted by Crippen LogP contribution is -2.27. The van der Waals surface area contributed by atoms with E-state index in [0.29, 0.717) is 6.04 Å². The Morgan fingerprint density at radius 3 is 2.81 bits per heavy atom. The molecular weight excluding hydrogens is 204 g/mol. The summed E-state index contributed by atoms with van der Waals surface area (Å²) in [6, 6.07) is 0.558. The van der Waals surface area contributed by atoms with Crippen molar-refractivity contribution in [2.24, 2.45) is 0 Å². The summed E-state index contributed by atoms with van der Waals surface area (Å²) in [5.41, 5.74) is 0.963. The van der Waals surface area contributed by atoms with Gasteiger partial charge in [0.1, 0.15) is 0 Å². The Balaban J connectivity index is 2.33. The molecule has 5 heteroatoms. The number of aliphatic hydroxyl groups excluding tert-OH is 1. The minimum Gasteiger partial charge on any atom is -0.396 e. The monoisotopic (exact) mass is 226 g/mol. The van der Waals surface area contributed by atoms with Gasteiger partial charge in [0, 0.05) is 31.9 Å². The van der Waals surface area contributed by atoms with Crippen LogP contribution in [0.3, 0.4) is 0 Å². The molecule has 5 nitrogen and oxygen atoms in total. The van der Waals surface area contributed by atoms with Crippen LogP contribution < -0.4 is 5.32 Å². The van der Waals surface area contributed by atoms with Gasteiger partial charge >= 0.3 is 0 Å². The third-order valence-corrected chi connectivity index (χ3v) is 2.69. The van der Waals surface area contributed by atoms with Crippen LogP contribution in [0.15, 0.2) is 6.20 Å². The summed E-state index contributed by atoms with van der Waals surface area (Å²) >= 11 is 0. The molecule has 0 saturated carbocycles. The molecule has 0 aliphatic rings. The molecule has 16 heavy (non-hydrogen) atoms. The molecule has 1 aromatic heterocycles. The number of aliphatic hydroxyl groups is 1. The third kappa shape index (κ3) is 4.28. The van der Waals surface area contributed by atoms with Gasteiger partial charge in [0.25, 0.3) is 0 Å². The van der Waals surface area contributed by atoms with Crippen LogP contribution in [0, 0.1) is 0 Å². The minimum absolute atomic E-state index is 0.196. The van der Waals surface area contributed by atoms with Gasteiger partial charge in [0.05, 0.1) is 5.69 Å². The number of nitrogens with zero attached hydrogens (tertiary/aromatic N) is 3. The molecule has 0 atom stereocenters.